The van der Waals surface area contributed by atoms with Gasteiger partial charge in [-0.1, -0.05) is 29.4 Å². The van der Waals surface area contributed by atoms with Gasteiger partial charge in [-0.25, -0.2) is 15.2 Å². The number of hydrogen-bond donors (Lipinski definition) is 3. The summed E-state index contributed by atoms with van der Waals surface area (Å²) >= 11 is 0. The zero-order chi connectivity index (χ0) is 21.4. The van der Waals surface area contributed by atoms with Crippen molar-refractivity contribution in [3.63, 3.8) is 0 Å². The van der Waals surface area contributed by atoms with Crippen molar-refractivity contribution in [3.8, 4) is 17.1 Å². The number of carbonyl (C=O) groups is 1. The number of aromatic nitrogens is 1. The summed E-state index contributed by atoms with van der Waals surface area (Å²) in [7, 11) is 0. The van der Waals surface area contributed by atoms with Gasteiger partial charge in [0.05, 0.1) is 6.54 Å². The van der Waals surface area contributed by atoms with Crippen LogP contribution in [0, 0.1) is 5.82 Å². The number of amides is 1. The highest BCUT2D eigenvalue weighted by atomic mass is 19.1. The van der Waals surface area contributed by atoms with Crippen molar-refractivity contribution in [2.45, 2.75) is 44.5 Å². The Morgan fingerprint density at radius 1 is 1.19 bits per heavy atom. The summed E-state index contributed by atoms with van der Waals surface area (Å²) in [6.45, 7) is 2.31. The van der Waals surface area contributed by atoms with Gasteiger partial charge in [0, 0.05) is 24.1 Å². The molecular formula is C23H23FN4O3. The van der Waals surface area contributed by atoms with Gasteiger partial charge in [-0.2, -0.15) is 0 Å². The van der Waals surface area contributed by atoms with Crippen molar-refractivity contribution >= 4 is 5.91 Å². The predicted octanol–water partition coefficient (Wildman–Crippen LogP) is 3.03. The fourth-order valence-corrected chi connectivity index (χ4v) is 4.03. The molecule has 0 aliphatic carbocycles. The van der Waals surface area contributed by atoms with Gasteiger partial charge in [0.1, 0.15) is 29.4 Å². The lowest BCUT2D eigenvalue weighted by Gasteiger charge is -2.10. The highest BCUT2D eigenvalue weighted by Gasteiger charge is 2.30. The third kappa shape index (κ3) is 4.17. The highest BCUT2D eigenvalue weighted by molar-refractivity contribution is 5.82. The lowest BCUT2D eigenvalue weighted by molar-refractivity contribution is -0.123. The summed E-state index contributed by atoms with van der Waals surface area (Å²) in [6.07, 6.45) is 1.66. The van der Waals surface area contributed by atoms with Crippen molar-refractivity contribution in [3.05, 3.63) is 71.2 Å². The van der Waals surface area contributed by atoms with Crippen molar-refractivity contribution in [1.29, 1.82) is 0 Å². The van der Waals surface area contributed by atoms with Crippen LogP contribution in [-0.4, -0.2) is 23.2 Å². The van der Waals surface area contributed by atoms with Crippen LogP contribution in [-0.2, 0) is 17.8 Å². The molecule has 7 nitrogen and oxygen atoms in total. The molecule has 8 heteroatoms. The molecule has 160 valence electrons. The standard InChI is InChI=1S/C23H23FN4O3/c1-13-8-15-2-3-16(9-21(15)30-13)22-10-18(28-31-22)12-25-23(29)20-11-19(26-27-20)14-4-6-17(24)7-5-14/h2-7,9-10,13,19-20,26-27H,8,11-12H2,1H3,(H,25,29). The maximum Gasteiger partial charge on any atom is 0.238 e. The van der Waals surface area contributed by atoms with Crippen LogP contribution in [0.5, 0.6) is 5.75 Å². The Bertz CT molecular complexity index is 1100. The molecule has 2 aliphatic rings. The lowest BCUT2D eigenvalue weighted by Crippen LogP contribution is -2.42. The summed E-state index contributed by atoms with van der Waals surface area (Å²) in [5.74, 6) is 1.10. The van der Waals surface area contributed by atoms with Crippen molar-refractivity contribution in [2.24, 2.45) is 0 Å². The molecule has 2 aromatic carbocycles. The minimum Gasteiger partial charge on any atom is -0.490 e. The van der Waals surface area contributed by atoms with Gasteiger partial charge in [0.15, 0.2) is 5.76 Å². The van der Waals surface area contributed by atoms with Crippen molar-refractivity contribution < 1.29 is 18.4 Å². The van der Waals surface area contributed by atoms with E-state index in [0.29, 0.717) is 17.9 Å². The van der Waals surface area contributed by atoms with E-state index in [1.165, 1.54) is 17.7 Å². The molecule has 2 aliphatic heterocycles. The molecule has 0 bridgehead atoms. The maximum absolute atomic E-state index is 13.1. The minimum absolute atomic E-state index is 0.0558. The van der Waals surface area contributed by atoms with Crippen LogP contribution in [0.4, 0.5) is 4.39 Å². The summed E-state index contributed by atoms with van der Waals surface area (Å²) < 4.78 is 24.4. The van der Waals surface area contributed by atoms with Crippen LogP contribution >= 0.6 is 0 Å². The summed E-state index contributed by atoms with van der Waals surface area (Å²) in [6, 6.07) is 13.7. The minimum atomic E-state index is -0.391. The van der Waals surface area contributed by atoms with Crippen LogP contribution in [0.15, 0.2) is 53.1 Å². The highest BCUT2D eigenvalue weighted by Crippen LogP contribution is 2.33. The molecule has 1 amide bonds. The van der Waals surface area contributed by atoms with Gasteiger partial charge in [-0.3, -0.25) is 4.79 Å². The molecule has 0 radical (unpaired) electrons. The Labute approximate surface area is 178 Å². The normalized spacial score (nSPS) is 22.2. The molecule has 1 aromatic heterocycles. The Hall–Kier alpha value is -3.23. The zero-order valence-electron chi connectivity index (χ0n) is 17.0. The van der Waals surface area contributed by atoms with Crippen LogP contribution in [0.1, 0.15) is 36.2 Å². The third-order valence-corrected chi connectivity index (χ3v) is 5.68. The van der Waals surface area contributed by atoms with Crippen LogP contribution in [0.2, 0.25) is 0 Å². The number of carbonyl (C=O) groups excluding carboxylic acids is 1. The van der Waals surface area contributed by atoms with E-state index < -0.39 is 6.04 Å². The Balaban J connectivity index is 1.17. The SMILES string of the molecule is CC1Cc2ccc(-c3cc(CNC(=O)C4CC(c5ccc(F)cc5)NN4)no3)cc2O1. The number of halogens is 1. The Morgan fingerprint density at radius 3 is 2.87 bits per heavy atom. The number of nitrogens with one attached hydrogen (secondary N) is 3. The van der Waals surface area contributed by atoms with Crippen LogP contribution in [0.3, 0.4) is 0 Å². The second-order valence-electron chi connectivity index (χ2n) is 8.04. The van der Waals surface area contributed by atoms with E-state index in [0.717, 1.165) is 23.3 Å². The predicted molar refractivity (Wildman–Crippen MR) is 111 cm³/mol. The van der Waals surface area contributed by atoms with Gasteiger partial charge in [-0.15, -0.1) is 0 Å². The number of ether oxygens (including phenoxy) is 1. The molecule has 3 unspecified atom stereocenters. The van der Waals surface area contributed by atoms with E-state index in [2.05, 4.69) is 27.4 Å². The molecule has 5 rings (SSSR count). The lowest BCUT2D eigenvalue weighted by atomic mass is 10.0. The third-order valence-electron chi connectivity index (χ3n) is 5.68. The molecule has 0 spiro atoms. The number of benzene rings is 2. The van der Waals surface area contributed by atoms with Crippen molar-refractivity contribution in [1.82, 2.24) is 21.3 Å². The number of fused-ring (bicyclic) bond motifs is 1. The first-order valence-corrected chi connectivity index (χ1v) is 10.3. The number of hydrazine groups is 1. The van der Waals surface area contributed by atoms with Crippen LogP contribution < -0.4 is 20.9 Å². The van der Waals surface area contributed by atoms with E-state index >= 15 is 0 Å². The van der Waals surface area contributed by atoms with Gasteiger partial charge >= 0.3 is 0 Å². The van der Waals surface area contributed by atoms with Gasteiger partial charge in [0.25, 0.3) is 0 Å². The molecule has 3 atom stereocenters. The number of hydrogen-bond acceptors (Lipinski definition) is 6. The molecule has 1 fully saturated rings. The zero-order valence-corrected chi connectivity index (χ0v) is 17.0. The monoisotopic (exact) mass is 422 g/mol. The quantitative estimate of drug-likeness (QED) is 0.586. The topological polar surface area (TPSA) is 88.4 Å². The van der Waals surface area contributed by atoms with Crippen molar-refractivity contribution in [2.75, 3.05) is 0 Å². The van der Waals surface area contributed by atoms with Crippen LogP contribution in [0.25, 0.3) is 11.3 Å². The van der Waals surface area contributed by atoms with E-state index in [-0.39, 0.29) is 30.4 Å². The van der Waals surface area contributed by atoms with E-state index in [1.54, 1.807) is 12.1 Å². The Kier molecular flexibility index (Phi) is 5.17. The van der Waals surface area contributed by atoms with E-state index in [4.69, 9.17) is 9.26 Å². The Morgan fingerprint density at radius 2 is 2.03 bits per heavy atom. The first-order chi connectivity index (χ1) is 15.0. The molecular weight excluding hydrogens is 399 g/mol. The molecule has 0 saturated carbocycles. The smallest absolute Gasteiger partial charge is 0.238 e. The number of nitrogens with zero attached hydrogens (tertiary/aromatic N) is 1. The average Bonchev–Trinajstić information content (AvgIpc) is 3.50. The first-order valence-electron chi connectivity index (χ1n) is 10.3. The molecule has 31 heavy (non-hydrogen) atoms. The maximum atomic E-state index is 13.1. The fourth-order valence-electron chi connectivity index (χ4n) is 4.03. The fraction of sp³-hybridized carbons (Fsp3) is 0.304. The average molecular weight is 422 g/mol. The first kappa shape index (κ1) is 19.7. The van der Waals surface area contributed by atoms with E-state index in [9.17, 15) is 9.18 Å². The molecule has 3 heterocycles. The molecule has 3 N–H and O–H groups in total. The largest absolute Gasteiger partial charge is 0.490 e. The van der Waals surface area contributed by atoms with Gasteiger partial charge in [0.2, 0.25) is 5.91 Å². The molecule has 3 aromatic rings. The summed E-state index contributed by atoms with van der Waals surface area (Å²) in [4.78, 5) is 12.5. The number of rotatable bonds is 5. The second kappa shape index (κ2) is 8.13. The molecule has 1 saturated heterocycles. The second-order valence-corrected chi connectivity index (χ2v) is 8.04. The van der Waals surface area contributed by atoms with Gasteiger partial charge in [-0.05, 0) is 42.7 Å². The van der Waals surface area contributed by atoms with E-state index in [1.807, 2.05) is 25.1 Å². The summed E-state index contributed by atoms with van der Waals surface area (Å²) in [5.41, 5.74) is 9.74. The van der Waals surface area contributed by atoms with Gasteiger partial charge < -0.3 is 14.6 Å². The summed E-state index contributed by atoms with van der Waals surface area (Å²) in [5, 5.41) is 6.95.